The van der Waals surface area contributed by atoms with Crippen molar-refractivity contribution in [2.45, 2.75) is 45.2 Å². The van der Waals surface area contributed by atoms with E-state index >= 15 is 0 Å². The summed E-state index contributed by atoms with van der Waals surface area (Å²) >= 11 is 0. The van der Waals surface area contributed by atoms with E-state index in [0.717, 1.165) is 31.6 Å². The Morgan fingerprint density at radius 2 is 2.00 bits per heavy atom. The van der Waals surface area contributed by atoms with Crippen LogP contribution >= 0.6 is 0 Å². The van der Waals surface area contributed by atoms with Crippen LogP contribution in [0, 0.1) is 11.7 Å². The molecule has 1 saturated heterocycles. The van der Waals surface area contributed by atoms with Gasteiger partial charge in [-0.2, -0.15) is 0 Å². The van der Waals surface area contributed by atoms with Crippen LogP contribution < -0.4 is 0 Å². The fourth-order valence-corrected chi connectivity index (χ4v) is 3.27. The van der Waals surface area contributed by atoms with Crippen molar-refractivity contribution >= 4 is 5.91 Å². The van der Waals surface area contributed by atoms with Crippen molar-refractivity contribution in [1.29, 1.82) is 0 Å². The molecule has 1 aromatic rings. The Morgan fingerprint density at radius 1 is 1.27 bits per heavy atom. The van der Waals surface area contributed by atoms with Gasteiger partial charge in [-0.3, -0.25) is 9.69 Å². The summed E-state index contributed by atoms with van der Waals surface area (Å²) in [4.78, 5) is 16.8. The maximum Gasteiger partial charge on any atom is 0.236 e. The van der Waals surface area contributed by atoms with E-state index in [1.165, 1.54) is 31.4 Å². The number of amides is 1. The van der Waals surface area contributed by atoms with Gasteiger partial charge in [-0.05, 0) is 49.3 Å². The molecule has 0 radical (unpaired) electrons. The predicted octanol–water partition coefficient (Wildman–Crippen LogP) is 3.05. The van der Waals surface area contributed by atoms with Gasteiger partial charge in [-0.1, -0.05) is 19.1 Å². The smallest absolute Gasteiger partial charge is 0.236 e. The first-order valence-electron chi connectivity index (χ1n) is 8.38. The number of rotatable bonds is 5. The van der Waals surface area contributed by atoms with E-state index in [-0.39, 0.29) is 11.7 Å². The monoisotopic (exact) mass is 304 g/mol. The van der Waals surface area contributed by atoms with Crippen LogP contribution in [0.4, 0.5) is 4.39 Å². The zero-order valence-electron chi connectivity index (χ0n) is 13.3. The number of halogens is 1. The van der Waals surface area contributed by atoms with E-state index in [1.54, 1.807) is 0 Å². The van der Waals surface area contributed by atoms with Crippen molar-refractivity contribution in [3.63, 3.8) is 0 Å². The summed E-state index contributed by atoms with van der Waals surface area (Å²) in [6.07, 6.45) is 4.69. The Kier molecular flexibility index (Phi) is 4.77. The van der Waals surface area contributed by atoms with Gasteiger partial charge in [0, 0.05) is 25.7 Å². The molecule has 3 nitrogen and oxygen atoms in total. The molecule has 1 aromatic carbocycles. The molecular formula is C18H25FN2O. The number of piperidine rings is 1. The molecule has 2 aliphatic rings. The van der Waals surface area contributed by atoms with Gasteiger partial charge in [0.05, 0.1) is 6.54 Å². The molecule has 0 bridgehead atoms. The molecule has 1 aliphatic carbocycles. The van der Waals surface area contributed by atoms with Crippen molar-refractivity contribution in [2.75, 3.05) is 19.6 Å². The van der Waals surface area contributed by atoms with Crippen LogP contribution in [0.2, 0.25) is 0 Å². The molecule has 120 valence electrons. The first-order chi connectivity index (χ1) is 10.6. The van der Waals surface area contributed by atoms with Gasteiger partial charge in [-0.25, -0.2) is 4.39 Å². The average Bonchev–Trinajstić information content (AvgIpc) is 3.33. The number of carbonyl (C=O) groups is 1. The average molecular weight is 304 g/mol. The third kappa shape index (κ3) is 4.07. The second-order valence-corrected chi connectivity index (χ2v) is 6.85. The molecule has 4 heteroatoms. The fourth-order valence-electron chi connectivity index (χ4n) is 3.27. The van der Waals surface area contributed by atoms with E-state index in [9.17, 15) is 9.18 Å². The molecule has 0 aromatic heterocycles. The molecule has 1 atom stereocenters. The molecular weight excluding hydrogens is 279 g/mol. The lowest BCUT2D eigenvalue weighted by atomic mass is 10.0. The summed E-state index contributed by atoms with van der Waals surface area (Å²) < 4.78 is 13.0. The molecule has 1 aliphatic heterocycles. The van der Waals surface area contributed by atoms with Crippen LogP contribution in [0.3, 0.4) is 0 Å². The Labute approximate surface area is 132 Å². The van der Waals surface area contributed by atoms with E-state index < -0.39 is 0 Å². The molecule has 1 amide bonds. The van der Waals surface area contributed by atoms with Crippen molar-refractivity contribution in [3.8, 4) is 0 Å². The highest BCUT2D eigenvalue weighted by molar-refractivity contribution is 5.78. The van der Waals surface area contributed by atoms with Gasteiger partial charge in [-0.15, -0.1) is 0 Å². The lowest BCUT2D eigenvalue weighted by Crippen LogP contribution is -2.45. The Hall–Kier alpha value is -1.42. The maximum atomic E-state index is 13.0. The van der Waals surface area contributed by atoms with Crippen LogP contribution in [0.1, 0.15) is 38.2 Å². The summed E-state index contributed by atoms with van der Waals surface area (Å²) in [7, 11) is 0. The molecule has 2 fully saturated rings. The van der Waals surface area contributed by atoms with E-state index in [1.807, 2.05) is 17.0 Å². The third-order valence-electron chi connectivity index (χ3n) is 4.71. The molecule has 22 heavy (non-hydrogen) atoms. The van der Waals surface area contributed by atoms with Gasteiger partial charge >= 0.3 is 0 Å². The Bertz CT molecular complexity index is 512. The number of nitrogens with zero attached hydrogens (tertiary/aromatic N) is 2. The number of carbonyl (C=O) groups excluding carboxylic acids is 1. The van der Waals surface area contributed by atoms with Gasteiger partial charge in [0.15, 0.2) is 0 Å². The summed E-state index contributed by atoms with van der Waals surface area (Å²) in [6, 6.07) is 7.15. The Balaban J connectivity index is 1.59. The maximum absolute atomic E-state index is 13.0. The Morgan fingerprint density at radius 3 is 2.64 bits per heavy atom. The molecule has 1 unspecified atom stereocenters. The number of hydrogen-bond donors (Lipinski definition) is 0. The van der Waals surface area contributed by atoms with Crippen molar-refractivity contribution in [2.24, 2.45) is 5.92 Å². The second kappa shape index (κ2) is 6.78. The molecule has 0 N–H and O–H groups in total. The van der Waals surface area contributed by atoms with Gasteiger partial charge in [0.25, 0.3) is 0 Å². The largest absolute Gasteiger partial charge is 0.341 e. The summed E-state index contributed by atoms with van der Waals surface area (Å²) in [5.41, 5.74) is 1.08. The quantitative estimate of drug-likeness (QED) is 0.835. The SMILES string of the molecule is CC1CCCN(C(=O)CN(Cc2ccc(F)cc2)C2CC2)C1. The lowest BCUT2D eigenvalue weighted by molar-refractivity contribution is -0.134. The number of benzene rings is 1. The first-order valence-corrected chi connectivity index (χ1v) is 8.38. The molecule has 3 rings (SSSR count). The van der Waals surface area contributed by atoms with Crippen molar-refractivity contribution in [1.82, 2.24) is 9.80 Å². The normalized spacial score (nSPS) is 22.1. The minimum absolute atomic E-state index is 0.208. The van der Waals surface area contributed by atoms with Crippen LogP contribution in [0.25, 0.3) is 0 Å². The molecule has 1 saturated carbocycles. The first kappa shape index (κ1) is 15.5. The van der Waals surface area contributed by atoms with Crippen LogP contribution in [-0.4, -0.2) is 41.4 Å². The highest BCUT2D eigenvalue weighted by Gasteiger charge is 2.32. The van der Waals surface area contributed by atoms with E-state index in [2.05, 4.69) is 11.8 Å². The minimum atomic E-state index is -0.208. The second-order valence-electron chi connectivity index (χ2n) is 6.85. The fraction of sp³-hybridized carbons (Fsp3) is 0.611. The van der Waals surface area contributed by atoms with Crippen LogP contribution in [0.5, 0.6) is 0 Å². The van der Waals surface area contributed by atoms with Crippen molar-refractivity contribution < 1.29 is 9.18 Å². The van der Waals surface area contributed by atoms with Crippen LogP contribution in [-0.2, 0) is 11.3 Å². The predicted molar refractivity (Wildman–Crippen MR) is 84.8 cm³/mol. The standard InChI is InChI=1S/C18H25FN2O/c1-14-3-2-10-20(11-14)18(22)13-21(17-8-9-17)12-15-4-6-16(19)7-5-15/h4-7,14,17H,2-3,8-13H2,1H3. The van der Waals surface area contributed by atoms with E-state index in [0.29, 0.717) is 18.5 Å². The van der Waals surface area contributed by atoms with Crippen LogP contribution in [0.15, 0.2) is 24.3 Å². The highest BCUT2D eigenvalue weighted by atomic mass is 19.1. The number of hydrogen-bond acceptors (Lipinski definition) is 2. The van der Waals surface area contributed by atoms with Crippen molar-refractivity contribution in [3.05, 3.63) is 35.6 Å². The molecule has 1 heterocycles. The van der Waals surface area contributed by atoms with Gasteiger partial charge in [0.1, 0.15) is 5.82 Å². The minimum Gasteiger partial charge on any atom is -0.341 e. The number of likely N-dealkylation sites (tertiary alicyclic amines) is 1. The zero-order valence-corrected chi connectivity index (χ0v) is 13.3. The van der Waals surface area contributed by atoms with Gasteiger partial charge < -0.3 is 4.90 Å². The van der Waals surface area contributed by atoms with E-state index in [4.69, 9.17) is 0 Å². The lowest BCUT2D eigenvalue weighted by Gasteiger charge is -2.33. The summed E-state index contributed by atoms with van der Waals surface area (Å²) in [6.45, 7) is 5.25. The topological polar surface area (TPSA) is 23.6 Å². The van der Waals surface area contributed by atoms with Gasteiger partial charge in [0.2, 0.25) is 5.91 Å². The third-order valence-corrected chi connectivity index (χ3v) is 4.71. The zero-order chi connectivity index (χ0) is 15.5. The molecule has 0 spiro atoms. The summed E-state index contributed by atoms with van der Waals surface area (Å²) in [5.74, 6) is 0.657. The summed E-state index contributed by atoms with van der Waals surface area (Å²) in [5, 5.41) is 0. The highest BCUT2D eigenvalue weighted by Crippen LogP contribution is 2.28.